The van der Waals surface area contributed by atoms with E-state index in [1.54, 1.807) is 12.4 Å². The number of nitrogens with zero attached hydrogens (tertiary/aromatic N) is 1. The average Bonchev–Trinajstić information content (AvgIpc) is 2.99. The Morgan fingerprint density at radius 3 is 2.18 bits per heavy atom. The molecule has 1 unspecified atom stereocenters. The second-order valence-corrected chi connectivity index (χ2v) is 10.4. The van der Waals surface area contributed by atoms with Crippen molar-refractivity contribution in [3.63, 3.8) is 0 Å². The predicted octanol–water partition coefficient (Wildman–Crippen LogP) is 7.40. The van der Waals surface area contributed by atoms with E-state index in [0.717, 1.165) is 19.3 Å². The third kappa shape index (κ3) is 4.97. The summed E-state index contributed by atoms with van der Waals surface area (Å²) in [6.45, 7) is 2.17. The van der Waals surface area contributed by atoms with Gasteiger partial charge in [0.05, 0.1) is 0 Å². The highest BCUT2D eigenvalue weighted by Crippen LogP contribution is 2.34. The molecule has 1 nitrogen and oxygen atoms in total. The number of aromatic nitrogens is 1. The Balaban J connectivity index is 0.000000390. The Morgan fingerprint density at radius 2 is 1.45 bits per heavy atom. The van der Waals surface area contributed by atoms with Gasteiger partial charge in [0, 0.05) is 12.4 Å². The van der Waals surface area contributed by atoms with Gasteiger partial charge in [-0.25, -0.2) is 0 Å². The first-order chi connectivity index (χ1) is 18.8. The number of rotatable bonds is 3. The fourth-order valence-electron chi connectivity index (χ4n) is 6.00. The van der Waals surface area contributed by atoms with E-state index in [4.69, 9.17) is 0 Å². The lowest BCUT2D eigenvalue weighted by molar-refractivity contribution is 0.615. The summed E-state index contributed by atoms with van der Waals surface area (Å²) in [5, 5.41) is 2.96. The summed E-state index contributed by atoms with van der Waals surface area (Å²) >= 11 is 0. The number of fused-ring (bicyclic) bond motifs is 5. The predicted molar refractivity (Wildman–Crippen MR) is 159 cm³/mol. The third-order valence-electron chi connectivity index (χ3n) is 7.89. The molecule has 186 valence electrons. The van der Waals surface area contributed by atoms with Crippen LogP contribution in [0.5, 0.6) is 0 Å². The fourth-order valence-corrected chi connectivity index (χ4v) is 6.00. The molecule has 1 atom stereocenters. The van der Waals surface area contributed by atoms with Crippen LogP contribution in [-0.4, -0.2) is 4.98 Å². The van der Waals surface area contributed by atoms with Crippen molar-refractivity contribution < 1.29 is 0 Å². The van der Waals surface area contributed by atoms with Gasteiger partial charge >= 0.3 is 0 Å². The maximum Gasteiger partial charge on any atom is 0.0267 e. The van der Waals surface area contributed by atoms with Crippen LogP contribution in [0.3, 0.4) is 0 Å². The molecule has 0 amide bonds. The van der Waals surface area contributed by atoms with E-state index in [1.807, 2.05) is 18.2 Å². The summed E-state index contributed by atoms with van der Waals surface area (Å²) < 4.78 is 0. The van der Waals surface area contributed by atoms with Gasteiger partial charge in [-0.05, 0) is 100 Å². The van der Waals surface area contributed by atoms with Crippen molar-refractivity contribution in [2.45, 2.75) is 38.5 Å². The highest BCUT2D eigenvalue weighted by atomic mass is 14.6. The maximum absolute atomic E-state index is 3.78. The van der Waals surface area contributed by atoms with Crippen LogP contribution in [0, 0.1) is 6.92 Å². The molecule has 4 aromatic carbocycles. The molecule has 2 aliphatic rings. The average molecular weight is 492 g/mol. The van der Waals surface area contributed by atoms with Crippen molar-refractivity contribution in [3.8, 4) is 11.1 Å². The summed E-state index contributed by atoms with van der Waals surface area (Å²) in [5.74, 6) is 0.567. The number of aryl methyl sites for hydroxylation is 1. The molecule has 0 fully saturated rings. The number of hydrogen-bond donors (Lipinski definition) is 0. The van der Waals surface area contributed by atoms with E-state index >= 15 is 0 Å². The molecule has 2 aliphatic carbocycles. The van der Waals surface area contributed by atoms with Crippen LogP contribution < -0.4 is 10.4 Å². The second-order valence-electron chi connectivity index (χ2n) is 10.4. The van der Waals surface area contributed by atoms with E-state index in [0.29, 0.717) is 5.92 Å². The number of hydrogen-bond acceptors (Lipinski definition) is 1. The van der Waals surface area contributed by atoms with Crippen LogP contribution in [0.1, 0.15) is 46.6 Å². The van der Waals surface area contributed by atoms with E-state index in [2.05, 4.69) is 109 Å². The van der Waals surface area contributed by atoms with Crippen LogP contribution in [0.4, 0.5) is 0 Å². The summed E-state index contributed by atoms with van der Waals surface area (Å²) in [5.41, 5.74) is 11.4. The van der Waals surface area contributed by atoms with Crippen LogP contribution in [-0.2, 0) is 12.8 Å². The quantitative estimate of drug-likeness (QED) is 0.256. The van der Waals surface area contributed by atoms with E-state index < -0.39 is 0 Å². The zero-order valence-corrected chi connectivity index (χ0v) is 22.0. The SMILES string of the molecule is Cc1ccc(C2=c3c(ccc4c3=CCc3ccccc3-4)C(Cc3ccccc3)CC2)cc1.c1ccncc1. The largest absolute Gasteiger partial charge is 0.265 e. The molecule has 38 heavy (non-hydrogen) atoms. The van der Waals surface area contributed by atoms with Crippen molar-refractivity contribution in [2.75, 3.05) is 0 Å². The molecule has 0 aliphatic heterocycles. The second kappa shape index (κ2) is 11.0. The smallest absolute Gasteiger partial charge is 0.0267 e. The summed E-state index contributed by atoms with van der Waals surface area (Å²) in [7, 11) is 0. The van der Waals surface area contributed by atoms with Crippen LogP contribution in [0.25, 0.3) is 22.8 Å². The summed E-state index contributed by atoms with van der Waals surface area (Å²) in [6.07, 6.45) is 10.5. The minimum Gasteiger partial charge on any atom is -0.265 e. The van der Waals surface area contributed by atoms with E-state index in [-0.39, 0.29) is 0 Å². The monoisotopic (exact) mass is 491 g/mol. The first kappa shape index (κ1) is 24.1. The zero-order chi connectivity index (χ0) is 25.7. The van der Waals surface area contributed by atoms with E-state index in [9.17, 15) is 0 Å². The Bertz CT molecular complexity index is 1620. The van der Waals surface area contributed by atoms with Crippen molar-refractivity contribution >= 4 is 11.6 Å². The van der Waals surface area contributed by atoms with Gasteiger partial charge < -0.3 is 0 Å². The van der Waals surface area contributed by atoms with Gasteiger partial charge in [-0.2, -0.15) is 0 Å². The molecule has 0 N–H and O–H groups in total. The lowest BCUT2D eigenvalue weighted by Crippen LogP contribution is -2.38. The molecule has 7 rings (SSSR count). The Morgan fingerprint density at radius 1 is 0.711 bits per heavy atom. The number of benzene rings is 4. The number of pyridine rings is 1. The first-order valence-electron chi connectivity index (χ1n) is 13.7. The molecule has 5 aromatic rings. The summed E-state index contributed by atoms with van der Waals surface area (Å²) in [4.78, 5) is 3.78. The van der Waals surface area contributed by atoms with Crippen LogP contribution in [0.15, 0.2) is 122 Å². The Hall–Kier alpha value is -4.23. The molecule has 0 spiro atoms. The molecule has 1 heterocycles. The van der Waals surface area contributed by atoms with Crippen molar-refractivity contribution in [2.24, 2.45) is 0 Å². The highest BCUT2D eigenvalue weighted by molar-refractivity contribution is 5.77. The topological polar surface area (TPSA) is 12.9 Å². The Kier molecular flexibility index (Phi) is 7.00. The molecular weight excluding hydrogens is 458 g/mol. The third-order valence-corrected chi connectivity index (χ3v) is 7.89. The van der Waals surface area contributed by atoms with Gasteiger partial charge in [-0.15, -0.1) is 0 Å². The zero-order valence-electron chi connectivity index (χ0n) is 22.0. The minimum atomic E-state index is 0.567. The van der Waals surface area contributed by atoms with Crippen molar-refractivity contribution in [1.82, 2.24) is 4.98 Å². The maximum atomic E-state index is 3.78. The van der Waals surface area contributed by atoms with Gasteiger partial charge in [-0.3, -0.25) is 4.98 Å². The van der Waals surface area contributed by atoms with Crippen molar-refractivity contribution in [3.05, 3.63) is 160 Å². The molecule has 0 radical (unpaired) electrons. The molecule has 1 heteroatoms. The normalized spacial score (nSPS) is 15.2. The molecular formula is C37H33N. The minimum absolute atomic E-state index is 0.567. The Labute approximate surface area is 225 Å². The fraction of sp³-hybridized carbons (Fsp3) is 0.162. The van der Waals surface area contributed by atoms with Gasteiger partial charge in [0.1, 0.15) is 0 Å². The van der Waals surface area contributed by atoms with Gasteiger partial charge in [0.15, 0.2) is 0 Å². The first-order valence-corrected chi connectivity index (χ1v) is 13.7. The van der Waals surface area contributed by atoms with E-state index in [1.165, 1.54) is 61.4 Å². The van der Waals surface area contributed by atoms with Crippen molar-refractivity contribution in [1.29, 1.82) is 0 Å². The molecule has 1 aromatic heterocycles. The van der Waals surface area contributed by atoms with Gasteiger partial charge in [-0.1, -0.05) is 109 Å². The molecule has 0 saturated carbocycles. The van der Waals surface area contributed by atoms with Crippen LogP contribution >= 0.6 is 0 Å². The lowest BCUT2D eigenvalue weighted by atomic mass is 9.76. The lowest BCUT2D eigenvalue weighted by Gasteiger charge is -2.28. The van der Waals surface area contributed by atoms with Gasteiger partial charge in [0.2, 0.25) is 0 Å². The molecule has 0 saturated heterocycles. The standard InChI is InChI=1S/C32H28.C5H5N/c1-22-11-13-25(14-12-22)28-17-16-26(21-23-7-3-2-4-8-23)29-19-20-30-27-10-6-5-9-24(27)15-18-31(30)32(28)29;1-2-4-6-5-3-1/h2-14,18-20,26H,15-17,21H2,1H3;1-5H. The summed E-state index contributed by atoms with van der Waals surface area (Å²) in [6, 6.07) is 39.6. The highest BCUT2D eigenvalue weighted by Gasteiger charge is 2.24. The van der Waals surface area contributed by atoms with Gasteiger partial charge in [0.25, 0.3) is 0 Å². The molecule has 0 bridgehead atoms. The van der Waals surface area contributed by atoms with Crippen LogP contribution in [0.2, 0.25) is 0 Å².